The zero-order chi connectivity index (χ0) is 22.5. The Kier molecular flexibility index (Phi) is 6.51. The third-order valence-corrected chi connectivity index (χ3v) is 4.41. The van der Waals surface area contributed by atoms with E-state index in [0.717, 1.165) is 0 Å². The highest BCUT2D eigenvalue weighted by Gasteiger charge is 2.27. The number of esters is 2. The Hall–Kier alpha value is -3.92. The molecule has 1 heterocycles. The number of ether oxygens (including phenoxy) is 4. The molecule has 0 aromatic heterocycles. The van der Waals surface area contributed by atoms with E-state index in [1.54, 1.807) is 18.2 Å². The van der Waals surface area contributed by atoms with E-state index in [1.165, 1.54) is 38.5 Å². The van der Waals surface area contributed by atoms with E-state index in [4.69, 9.17) is 25.8 Å². The lowest BCUT2D eigenvalue weighted by atomic mass is 10.1. The first-order chi connectivity index (χ1) is 14.8. The second kappa shape index (κ2) is 9.26. The molecular formula is C20H15ClN2O8. The molecule has 0 fully saturated rings. The molecule has 0 amide bonds. The molecule has 2 aromatic carbocycles. The number of non-ortho nitro benzene ring substituents is 1. The number of nitrogens with zero attached hydrogens (tertiary/aromatic N) is 2. The first kappa shape index (κ1) is 21.8. The van der Waals surface area contributed by atoms with Gasteiger partial charge < -0.3 is 18.9 Å². The molecule has 0 saturated carbocycles. The summed E-state index contributed by atoms with van der Waals surface area (Å²) in [5.41, 5.74) is 0.395. The van der Waals surface area contributed by atoms with Gasteiger partial charge in [0.1, 0.15) is 0 Å². The van der Waals surface area contributed by atoms with Gasteiger partial charge >= 0.3 is 11.9 Å². The standard InChI is InChI=1S/C20H15ClN2O8/c1-28-17-8-11(3-6-16(17)30-10-18(24)29-2)7-15-20(25)31-19(22-15)13-9-12(23(26)27)4-5-14(13)21/h3-9H,10H2,1-2H3/b15-7-. The third-order valence-electron chi connectivity index (χ3n) is 4.08. The van der Waals surface area contributed by atoms with Crippen LogP contribution in [0.5, 0.6) is 11.5 Å². The van der Waals surface area contributed by atoms with Gasteiger partial charge in [0, 0.05) is 12.1 Å². The van der Waals surface area contributed by atoms with Crippen LogP contribution < -0.4 is 9.47 Å². The molecular weight excluding hydrogens is 432 g/mol. The average Bonchev–Trinajstić information content (AvgIpc) is 3.12. The van der Waals surface area contributed by atoms with Crippen LogP contribution in [0, 0.1) is 10.1 Å². The van der Waals surface area contributed by atoms with Crippen molar-refractivity contribution >= 4 is 41.2 Å². The van der Waals surface area contributed by atoms with Crippen molar-refractivity contribution in [1.82, 2.24) is 0 Å². The third kappa shape index (κ3) is 4.98. The highest BCUT2D eigenvalue weighted by Crippen LogP contribution is 2.31. The summed E-state index contributed by atoms with van der Waals surface area (Å²) in [5.74, 6) is -0.826. The quantitative estimate of drug-likeness (QED) is 0.274. The lowest BCUT2D eigenvalue weighted by Gasteiger charge is -2.10. The van der Waals surface area contributed by atoms with Gasteiger partial charge in [-0.25, -0.2) is 14.6 Å². The van der Waals surface area contributed by atoms with E-state index in [1.807, 2.05) is 0 Å². The summed E-state index contributed by atoms with van der Waals surface area (Å²) in [6.07, 6.45) is 1.44. The predicted molar refractivity (Wildman–Crippen MR) is 109 cm³/mol. The number of rotatable bonds is 7. The van der Waals surface area contributed by atoms with Crippen molar-refractivity contribution in [3.63, 3.8) is 0 Å². The van der Waals surface area contributed by atoms with E-state index in [-0.39, 0.29) is 34.5 Å². The molecule has 10 nitrogen and oxygen atoms in total. The number of nitro benzene ring substituents is 1. The molecule has 0 aliphatic carbocycles. The number of benzene rings is 2. The van der Waals surface area contributed by atoms with Crippen molar-refractivity contribution in [2.45, 2.75) is 0 Å². The summed E-state index contributed by atoms with van der Waals surface area (Å²) in [6, 6.07) is 8.47. The Morgan fingerprint density at radius 3 is 2.68 bits per heavy atom. The maximum atomic E-state index is 12.2. The topological polar surface area (TPSA) is 127 Å². The molecule has 3 rings (SSSR count). The smallest absolute Gasteiger partial charge is 0.363 e. The molecule has 31 heavy (non-hydrogen) atoms. The Labute approximate surface area is 180 Å². The van der Waals surface area contributed by atoms with Gasteiger partial charge in [-0.15, -0.1) is 0 Å². The summed E-state index contributed by atoms with van der Waals surface area (Å²) >= 11 is 6.08. The molecule has 11 heteroatoms. The Morgan fingerprint density at radius 2 is 2.00 bits per heavy atom. The predicted octanol–water partition coefficient (Wildman–Crippen LogP) is 3.15. The minimum Gasteiger partial charge on any atom is -0.493 e. The largest absolute Gasteiger partial charge is 0.493 e. The number of cyclic esters (lactones) is 1. The fraction of sp³-hybridized carbons (Fsp3) is 0.150. The number of carbonyl (C=O) groups excluding carboxylic acids is 2. The highest BCUT2D eigenvalue weighted by molar-refractivity contribution is 6.34. The minimum absolute atomic E-state index is 0.0390. The van der Waals surface area contributed by atoms with Crippen LogP contribution in [0.1, 0.15) is 11.1 Å². The van der Waals surface area contributed by atoms with Crippen molar-refractivity contribution in [1.29, 1.82) is 0 Å². The van der Waals surface area contributed by atoms with Crippen LogP contribution in [-0.2, 0) is 19.1 Å². The number of halogens is 1. The van der Waals surface area contributed by atoms with E-state index in [9.17, 15) is 19.7 Å². The van der Waals surface area contributed by atoms with Crippen LogP contribution in [-0.4, -0.2) is 43.6 Å². The van der Waals surface area contributed by atoms with Gasteiger partial charge in [-0.1, -0.05) is 17.7 Å². The Morgan fingerprint density at radius 1 is 1.23 bits per heavy atom. The highest BCUT2D eigenvalue weighted by atomic mass is 35.5. The molecule has 0 bridgehead atoms. The second-order valence-corrected chi connectivity index (χ2v) is 6.44. The van der Waals surface area contributed by atoms with Crippen LogP contribution >= 0.6 is 11.6 Å². The second-order valence-electron chi connectivity index (χ2n) is 6.03. The minimum atomic E-state index is -0.748. The molecule has 0 spiro atoms. The molecule has 1 aliphatic heterocycles. The van der Waals surface area contributed by atoms with Gasteiger partial charge in [-0.2, -0.15) is 0 Å². The van der Waals surface area contributed by atoms with E-state index < -0.39 is 16.9 Å². The number of aliphatic imine (C=N–C) groups is 1. The first-order valence-corrected chi connectivity index (χ1v) is 9.04. The van der Waals surface area contributed by atoms with Gasteiger partial charge in [-0.05, 0) is 29.8 Å². The molecule has 1 aliphatic rings. The van der Waals surface area contributed by atoms with Crippen molar-refractivity contribution in [3.05, 3.63) is 68.4 Å². The Bertz CT molecular complexity index is 1130. The monoisotopic (exact) mass is 446 g/mol. The summed E-state index contributed by atoms with van der Waals surface area (Å²) in [6.45, 7) is -0.294. The fourth-order valence-corrected chi connectivity index (χ4v) is 2.76. The van der Waals surface area contributed by atoms with Crippen LogP contribution in [0.2, 0.25) is 5.02 Å². The van der Waals surface area contributed by atoms with Gasteiger partial charge in [0.2, 0.25) is 5.90 Å². The first-order valence-electron chi connectivity index (χ1n) is 8.67. The van der Waals surface area contributed by atoms with E-state index in [0.29, 0.717) is 17.1 Å². The maximum absolute atomic E-state index is 12.2. The van der Waals surface area contributed by atoms with Crippen LogP contribution in [0.25, 0.3) is 6.08 Å². The molecule has 0 N–H and O–H groups in total. The van der Waals surface area contributed by atoms with Crippen molar-refractivity contribution in [2.75, 3.05) is 20.8 Å². The zero-order valence-corrected chi connectivity index (χ0v) is 17.0. The van der Waals surface area contributed by atoms with E-state index >= 15 is 0 Å². The van der Waals surface area contributed by atoms with Crippen molar-refractivity contribution < 1.29 is 33.5 Å². The molecule has 2 aromatic rings. The summed E-state index contributed by atoms with van der Waals surface area (Å²) in [4.78, 5) is 38.0. The molecule has 160 valence electrons. The van der Waals surface area contributed by atoms with Crippen LogP contribution in [0.3, 0.4) is 0 Å². The zero-order valence-electron chi connectivity index (χ0n) is 16.3. The van der Waals surface area contributed by atoms with Crippen LogP contribution in [0.4, 0.5) is 5.69 Å². The number of hydrogen-bond acceptors (Lipinski definition) is 9. The molecule has 0 radical (unpaired) electrons. The lowest BCUT2D eigenvalue weighted by Crippen LogP contribution is -2.12. The summed E-state index contributed by atoms with van der Waals surface area (Å²) < 4.78 is 20.2. The summed E-state index contributed by atoms with van der Waals surface area (Å²) in [7, 11) is 2.66. The lowest BCUT2D eigenvalue weighted by molar-refractivity contribution is -0.384. The van der Waals surface area contributed by atoms with Crippen LogP contribution in [0.15, 0.2) is 47.1 Å². The normalized spacial score (nSPS) is 14.1. The van der Waals surface area contributed by atoms with Gasteiger partial charge in [0.25, 0.3) is 5.69 Å². The fourth-order valence-electron chi connectivity index (χ4n) is 2.56. The SMILES string of the molecule is COC(=O)COc1ccc(/C=C2\N=C(c3cc([N+](=O)[O-])ccc3Cl)OC2=O)cc1OC. The number of carbonyl (C=O) groups is 2. The Balaban J connectivity index is 1.89. The van der Waals surface area contributed by atoms with Crippen molar-refractivity contribution in [2.24, 2.45) is 4.99 Å². The maximum Gasteiger partial charge on any atom is 0.363 e. The number of hydrogen-bond donors (Lipinski definition) is 0. The number of nitro groups is 1. The molecule has 0 unspecified atom stereocenters. The molecule has 0 atom stereocenters. The van der Waals surface area contributed by atoms with Gasteiger partial charge in [0.05, 0.1) is 29.7 Å². The molecule has 0 saturated heterocycles. The summed E-state index contributed by atoms with van der Waals surface area (Å²) in [5, 5.41) is 11.1. The van der Waals surface area contributed by atoms with E-state index in [2.05, 4.69) is 9.73 Å². The number of methoxy groups -OCH3 is 2. The average molecular weight is 447 g/mol. The van der Waals surface area contributed by atoms with Gasteiger partial charge in [-0.3, -0.25) is 10.1 Å². The van der Waals surface area contributed by atoms with Crippen molar-refractivity contribution in [3.8, 4) is 11.5 Å². The van der Waals surface area contributed by atoms with Gasteiger partial charge in [0.15, 0.2) is 23.8 Å².